The first kappa shape index (κ1) is 38.9. The summed E-state index contributed by atoms with van der Waals surface area (Å²) in [5.41, 5.74) is 0. The van der Waals surface area contributed by atoms with Crippen molar-refractivity contribution in [1.82, 2.24) is 0 Å². The minimum atomic E-state index is -1.08. The molecule has 6 nitrogen and oxygen atoms in total. The van der Waals surface area contributed by atoms with Gasteiger partial charge in [-0.1, -0.05) is 97.3 Å². The number of rotatable bonds is 20. The van der Waals surface area contributed by atoms with E-state index in [0.29, 0.717) is 18.8 Å². The Morgan fingerprint density at radius 2 is 0.943 bits per heavy atom. The van der Waals surface area contributed by atoms with Crippen LogP contribution in [-0.4, -0.2) is 46.6 Å². The van der Waals surface area contributed by atoms with Crippen molar-refractivity contribution >= 4 is 27.8 Å². The van der Waals surface area contributed by atoms with Crippen LogP contribution in [-0.2, 0) is 21.9 Å². The van der Waals surface area contributed by atoms with Crippen molar-refractivity contribution in [3.8, 4) is 0 Å². The molecule has 0 atom stereocenters. The van der Waals surface area contributed by atoms with E-state index in [4.69, 9.17) is 22.2 Å². The van der Waals surface area contributed by atoms with Gasteiger partial charge in [-0.2, -0.15) is 0 Å². The first-order valence-corrected chi connectivity index (χ1v) is 14.9. The van der Waals surface area contributed by atoms with Crippen LogP contribution < -0.4 is 5.11 Å². The number of carboxylic acid groups (broad SMARTS) is 1. The summed E-state index contributed by atoms with van der Waals surface area (Å²) in [7, 11) is 0. The zero-order valence-electron chi connectivity index (χ0n) is 24.4. The number of hydrogen-bond acceptors (Lipinski definition) is 6. The Labute approximate surface area is 224 Å². The molecule has 0 heterocycles. The van der Waals surface area contributed by atoms with E-state index in [1.165, 1.54) is 90.4 Å². The van der Waals surface area contributed by atoms with Gasteiger partial charge in [-0.15, -0.1) is 0 Å². The molecule has 0 saturated heterocycles. The predicted octanol–water partition coefficient (Wildman–Crippen LogP) is 6.79. The molecule has 0 unspecified atom stereocenters. The fourth-order valence-corrected chi connectivity index (χ4v) is 3.58. The maximum atomic E-state index is 10.6. The van der Waals surface area contributed by atoms with Gasteiger partial charge in [0.25, 0.3) is 0 Å². The maximum absolute atomic E-state index is 10.6. The summed E-state index contributed by atoms with van der Waals surface area (Å²) >= 11 is -0.245. The molecule has 0 aromatic rings. The second kappa shape index (κ2) is 31.4. The SMILES string of the molecule is CC(=O)OCCCCCCCCCCCCCCCC(C)C.CC(=O)[O-].CC(C)[O][Al+][O]C(C)C. The number of carbonyl (C=O) groups is 2. The number of esters is 1. The second-order valence-electron chi connectivity index (χ2n) is 10.1. The van der Waals surface area contributed by atoms with E-state index in [1.54, 1.807) is 0 Å². The van der Waals surface area contributed by atoms with Crippen molar-refractivity contribution in [3.63, 3.8) is 0 Å². The zero-order chi connectivity index (χ0) is 27.3. The first-order chi connectivity index (χ1) is 16.5. The third kappa shape index (κ3) is 55.3. The van der Waals surface area contributed by atoms with E-state index in [2.05, 4.69) is 13.8 Å². The van der Waals surface area contributed by atoms with Gasteiger partial charge in [-0.3, -0.25) is 4.79 Å². The van der Waals surface area contributed by atoms with Crippen molar-refractivity contribution in [2.75, 3.05) is 6.61 Å². The molecule has 208 valence electrons. The summed E-state index contributed by atoms with van der Waals surface area (Å²) in [6.45, 7) is 15.7. The standard InChI is InChI=1S/C20H40O2.2C3H7O.C2H4O2.Al/c1-19(2)17-15-13-11-9-7-5-4-6-8-10-12-14-16-18-22-20(3)21;2*1-3(2)4;1-2(3)4;/h19H,4-18H2,1-3H3;2*3H,1-2H3;1H3,(H,3,4);/q;2*-1;;+3/p-1. The molecule has 0 aliphatic rings. The number of unbranched alkanes of at least 4 members (excludes halogenated alkanes) is 12. The van der Waals surface area contributed by atoms with E-state index >= 15 is 0 Å². The molecule has 0 bridgehead atoms. The molecular formula is C28H57AlO6. The summed E-state index contributed by atoms with van der Waals surface area (Å²) in [6, 6.07) is 0. The van der Waals surface area contributed by atoms with Crippen LogP contribution in [0.5, 0.6) is 0 Å². The molecule has 0 N–H and O–H groups in total. The number of carboxylic acids is 1. The molecule has 0 rings (SSSR count). The Bertz CT molecular complexity index is 429. The zero-order valence-corrected chi connectivity index (χ0v) is 25.5. The molecule has 35 heavy (non-hydrogen) atoms. The molecule has 0 saturated carbocycles. The molecule has 0 amide bonds. The summed E-state index contributed by atoms with van der Waals surface area (Å²) in [4.78, 5) is 19.5. The van der Waals surface area contributed by atoms with Crippen LogP contribution in [0.3, 0.4) is 0 Å². The van der Waals surface area contributed by atoms with Gasteiger partial charge in [0.2, 0.25) is 0 Å². The van der Waals surface area contributed by atoms with E-state index in [9.17, 15) is 4.79 Å². The molecule has 0 aromatic carbocycles. The predicted molar refractivity (Wildman–Crippen MR) is 145 cm³/mol. The van der Waals surface area contributed by atoms with Gasteiger partial charge in [0.05, 0.1) is 6.61 Å². The average Bonchev–Trinajstić information content (AvgIpc) is 2.72. The molecule has 0 fully saturated rings. The monoisotopic (exact) mass is 516 g/mol. The first-order valence-electron chi connectivity index (χ1n) is 13.9. The molecule has 0 aliphatic heterocycles. The van der Waals surface area contributed by atoms with Gasteiger partial charge >= 0.3 is 69.3 Å². The van der Waals surface area contributed by atoms with Crippen LogP contribution in [0.15, 0.2) is 0 Å². The van der Waals surface area contributed by atoms with Gasteiger partial charge in [-0.05, 0) is 19.3 Å². The second-order valence-corrected chi connectivity index (χ2v) is 10.8. The average molecular weight is 517 g/mol. The Balaban J connectivity index is -0.000000646. The molecule has 7 heteroatoms. The normalized spacial score (nSPS) is 10.4. The van der Waals surface area contributed by atoms with Gasteiger partial charge in [0.15, 0.2) is 0 Å². The Kier molecular flexibility index (Phi) is 34.9. The summed E-state index contributed by atoms with van der Waals surface area (Å²) in [6.07, 6.45) is 19.7. The van der Waals surface area contributed by atoms with Crippen molar-refractivity contribution in [1.29, 1.82) is 0 Å². The van der Waals surface area contributed by atoms with Crippen LogP contribution in [0, 0.1) is 5.92 Å². The van der Waals surface area contributed by atoms with Crippen molar-refractivity contribution in [3.05, 3.63) is 0 Å². The van der Waals surface area contributed by atoms with Gasteiger partial charge in [0.1, 0.15) is 0 Å². The van der Waals surface area contributed by atoms with Crippen molar-refractivity contribution in [2.24, 2.45) is 5.92 Å². The van der Waals surface area contributed by atoms with Crippen LogP contribution in [0.2, 0.25) is 0 Å². The van der Waals surface area contributed by atoms with E-state index < -0.39 is 5.97 Å². The topological polar surface area (TPSA) is 84.9 Å². The van der Waals surface area contributed by atoms with Crippen LogP contribution in [0.1, 0.15) is 145 Å². The summed E-state index contributed by atoms with van der Waals surface area (Å²) < 4.78 is 15.3. The van der Waals surface area contributed by atoms with Gasteiger partial charge in [-0.25, -0.2) is 0 Å². The van der Waals surface area contributed by atoms with Gasteiger partial charge < -0.3 is 14.6 Å². The van der Waals surface area contributed by atoms with Gasteiger partial charge in [0, 0.05) is 12.9 Å². The minimum absolute atomic E-state index is 0.153. The van der Waals surface area contributed by atoms with Crippen molar-refractivity contribution < 1.29 is 27.0 Å². The van der Waals surface area contributed by atoms with Crippen LogP contribution >= 0.6 is 0 Å². The van der Waals surface area contributed by atoms with Crippen LogP contribution in [0.25, 0.3) is 0 Å². The quantitative estimate of drug-likeness (QED) is 0.101. The molecule has 0 radical (unpaired) electrons. The third-order valence-electron chi connectivity index (χ3n) is 4.89. The molecule has 0 aromatic heterocycles. The number of ether oxygens (including phenoxy) is 1. The molecule has 0 spiro atoms. The number of aliphatic carboxylic acids is 1. The Morgan fingerprint density at radius 3 is 1.23 bits per heavy atom. The Hall–Kier alpha value is -0.608. The fourth-order valence-electron chi connectivity index (χ4n) is 3.07. The molecule has 0 aliphatic carbocycles. The molecular weight excluding hydrogens is 459 g/mol. The third-order valence-corrected chi connectivity index (χ3v) is 6.20. The van der Waals surface area contributed by atoms with E-state index in [-0.39, 0.29) is 21.9 Å². The van der Waals surface area contributed by atoms with E-state index in [1.807, 2.05) is 27.7 Å². The fraction of sp³-hybridized carbons (Fsp3) is 0.929. The van der Waals surface area contributed by atoms with E-state index in [0.717, 1.165) is 19.3 Å². The number of carbonyl (C=O) groups excluding carboxylic acids is 2. The summed E-state index contributed by atoms with van der Waals surface area (Å²) in [5, 5.41) is 8.89. The Morgan fingerprint density at radius 1 is 0.629 bits per heavy atom. The summed E-state index contributed by atoms with van der Waals surface area (Å²) in [5.74, 6) is -0.360. The van der Waals surface area contributed by atoms with Crippen LogP contribution in [0.4, 0.5) is 0 Å². The number of hydrogen-bond donors (Lipinski definition) is 0. The van der Waals surface area contributed by atoms with Crippen molar-refractivity contribution in [2.45, 2.75) is 157 Å².